The quantitative estimate of drug-likeness (QED) is 0.318. The summed E-state index contributed by atoms with van der Waals surface area (Å²) < 4.78 is 5.48. The van der Waals surface area contributed by atoms with Gasteiger partial charge >= 0.3 is 0 Å². The molecule has 0 fully saturated rings. The van der Waals surface area contributed by atoms with E-state index in [1.54, 1.807) is 7.05 Å². The molecule has 0 aliphatic carbocycles. The standard InChI is InChI=1S/C12H27N3O.HI/c1-6-11(4)15-12(13-5)14-7-8-16-9-10(2)3;/h10-11H,6-9H2,1-5H3,(H2,13,14,15);1H. The molecule has 0 aliphatic rings. The average molecular weight is 357 g/mol. The van der Waals surface area contributed by atoms with Crippen LogP contribution in [0.5, 0.6) is 0 Å². The van der Waals surface area contributed by atoms with Gasteiger partial charge in [0, 0.05) is 26.2 Å². The van der Waals surface area contributed by atoms with Crippen molar-refractivity contribution in [1.82, 2.24) is 10.6 Å². The average Bonchev–Trinajstić information content (AvgIpc) is 2.26. The van der Waals surface area contributed by atoms with Crippen molar-refractivity contribution in [2.75, 3.05) is 26.8 Å². The maximum absolute atomic E-state index is 5.48. The van der Waals surface area contributed by atoms with Crippen LogP contribution < -0.4 is 10.6 Å². The van der Waals surface area contributed by atoms with E-state index in [9.17, 15) is 0 Å². The molecule has 17 heavy (non-hydrogen) atoms. The summed E-state index contributed by atoms with van der Waals surface area (Å²) in [4.78, 5) is 4.15. The fourth-order valence-corrected chi connectivity index (χ4v) is 1.09. The highest BCUT2D eigenvalue weighted by Crippen LogP contribution is 1.91. The molecule has 0 amide bonds. The number of hydrogen-bond acceptors (Lipinski definition) is 2. The van der Waals surface area contributed by atoms with Crippen molar-refractivity contribution in [2.24, 2.45) is 10.9 Å². The molecule has 1 unspecified atom stereocenters. The molecule has 2 N–H and O–H groups in total. The second-order valence-electron chi connectivity index (χ2n) is 4.42. The van der Waals surface area contributed by atoms with Crippen LogP contribution in [0.3, 0.4) is 0 Å². The molecular formula is C12H28IN3O. The van der Waals surface area contributed by atoms with Gasteiger partial charge in [-0.1, -0.05) is 20.8 Å². The normalized spacial score (nSPS) is 13.2. The third kappa shape index (κ3) is 12.2. The number of ether oxygens (including phenoxy) is 1. The van der Waals surface area contributed by atoms with E-state index in [2.05, 4.69) is 43.3 Å². The molecule has 0 aromatic heterocycles. The van der Waals surface area contributed by atoms with Crippen molar-refractivity contribution >= 4 is 29.9 Å². The van der Waals surface area contributed by atoms with Crippen molar-refractivity contribution in [3.63, 3.8) is 0 Å². The third-order valence-corrected chi connectivity index (χ3v) is 2.21. The molecule has 0 heterocycles. The van der Waals surface area contributed by atoms with E-state index in [0.717, 1.165) is 32.1 Å². The summed E-state index contributed by atoms with van der Waals surface area (Å²) >= 11 is 0. The summed E-state index contributed by atoms with van der Waals surface area (Å²) in [6, 6.07) is 0.447. The zero-order valence-electron chi connectivity index (χ0n) is 11.7. The lowest BCUT2D eigenvalue weighted by Crippen LogP contribution is -2.43. The Morgan fingerprint density at radius 3 is 2.41 bits per heavy atom. The van der Waals surface area contributed by atoms with Crippen molar-refractivity contribution in [3.05, 3.63) is 0 Å². The van der Waals surface area contributed by atoms with Crippen LogP contribution in [0.2, 0.25) is 0 Å². The van der Waals surface area contributed by atoms with E-state index >= 15 is 0 Å². The van der Waals surface area contributed by atoms with Crippen LogP contribution in [0, 0.1) is 5.92 Å². The molecule has 104 valence electrons. The molecule has 0 aromatic carbocycles. The van der Waals surface area contributed by atoms with Crippen LogP contribution in [0.1, 0.15) is 34.1 Å². The smallest absolute Gasteiger partial charge is 0.191 e. The van der Waals surface area contributed by atoms with Gasteiger partial charge in [0.1, 0.15) is 0 Å². The Labute approximate surface area is 123 Å². The van der Waals surface area contributed by atoms with Crippen LogP contribution in [0.25, 0.3) is 0 Å². The highest BCUT2D eigenvalue weighted by atomic mass is 127. The molecular weight excluding hydrogens is 329 g/mol. The Kier molecular flexibility index (Phi) is 14.1. The molecule has 0 rings (SSSR count). The van der Waals surface area contributed by atoms with Crippen LogP contribution >= 0.6 is 24.0 Å². The molecule has 4 nitrogen and oxygen atoms in total. The van der Waals surface area contributed by atoms with E-state index in [0.29, 0.717) is 12.0 Å². The second-order valence-corrected chi connectivity index (χ2v) is 4.42. The summed E-state index contributed by atoms with van der Waals surface area (Å²) in [5, 5.41) is 6.52. The number of guanidine groups is 1. The van der Waals surface area contributed by atoms with Gasteiger partial charge in [-0.15, -0.1) is 24.0 Å². The lowest BCUT2D eigenvalue weighted by atomic mass is 10.2. The molecule has 0 saturated heterocycles. The highest BCUT2D eigenvalue weighted by Gasteiger charge is 2.01. The van der Waals surface area contributed by atoms with Gasteiger partial charge in [0.05, 0.1) is 6.61 Å². The van der Waals surface area contributed by atoms with Crippen LogP contribution in [0.15, 0.2) is 4.99 Å². The Balaban J connectivity index is 0. The van der Waals surface area contributed by atoms with Crippen molar-refractivity contribution in [2.45, 2.75) is 40.2 Å². The van der Waals surface area contributed by atoms with Gasteiger partial charge in [0.2, 0.25) is 0 Å². The number of nitrogens with one attached hydrogen (secondary N) is 2. The molecule has 5 heteroatoms. The predicted molar refractivity (Wildman–Crippen MR) is 85.3 cm³/mol. The Morgan fingerprint density at radius 2 is 1.94 bits per heavy atom. The molecule has 1 atom stereocenters. The second kappa shape index (κ2) is 12.4. The Bertz CT molecular complexity index is 198. The first-order valence-corrected chi connectivity index (χ1v) is 6.15. The van der Waals surface area contributed by atoms with Gasteiger partial charge in [-0.3, -0.25) is 4.99 Å². The number of nitrogens with zero attached hydrogens (tertiary/aromatic N) is 1. The first-order chi connectivity index (χ1) is 7.60. The monoisotopic (exact) mass is 357 g/mol. The first-order valence-electron chi connectivity index (χ1n) is 6.15. The number of aliphatic imine (C=N–C) groups is 1. The van der Waals surface area contributed by atoms with Crippen molar-refractivity contribution in [3.8, 4) is 0 Å². The maximum atomic E-state index is 5.48. The summed E-state index contributed by atoms with van der Waals surface area (Å²) in [6.45, 7) is 10.9. The molecule has 0 radical (unpaired) electrons. The van der Waals surface area contributed by atoms with Gasteiger partial charge in [0.15, 0.2) is 5.96 Å². The third-order valence-electron chi connectivity index (χ3n) is 2.21. The topological polar surface area (TPSA) is 45.7 Å². The zero-order chi connectivity index (χ0) is 12.4. The number of rotatable bonds is 7. The summed E-state index contributed by atoms with van der Waals surface area (Å²) in [5.41, 5.74) is 0. The molecule has 0 aliphatic heterocycles. The van der Waals surface area contributed by atoms with E-state index in [4.69, 9.17) is 4.74 Å². The van der Waals surface area contributed by atoms with Crippen LogP contribution in [0.4, 0.5) is 0 Å². The van der Waals surface area contributed by atoms with Gasteiger partial charge in [-0.05, 0) is 19.3 Å². The van der Waals surface area contributed by atoms with E-state index in [1.807, 2.05) is 0 Å². The predicted octanol–water partition coefficient (Wildman–Crippen LogP) is 2.24. The van der Waals surface area contributed by atoms with Crippen LogP contribution in [-0.2, 0) is 4.74 Å². The maximum Gasteiger partial charge on any atom is 0.191 e. The number of halogens is 1. The lowest BCUT2D eigenvalue weighted by Gasteiger charge is -2.16. The van der Waals surface area contributed by atoms with E-state index in [1.165, 1.54) is 0 Å². The number of hydrogen-bond donors (Lipinski definition) is 2. The summed E-state index contributed by atoms with van der Waals surface area (Å²) in [7, 11) is 1.78. The molecule has 0 aromatic rings. The van der Waals surface area contributed by atoms with Crippen molar-refractivity contribution < 1.29 is 4.74 Å². The van der Waals surface area contributed by atoms with Gasteiger partial charge in [-0.25, -0.2) is 0 Å². The van der Waals surface area contributed by atoms with E-state index < -0.39 is 0 Å². The molecule has 0 spiro atoms. The minimum Gasteiger partial charge on any atom is -0.379 e. The fourth-order valence-electron chi connectivity index (χ4n) is 1.09. The Morgan fingerprint density at radius 1 is 1.29 bits per heavy atom. The summed E-state index contributed by atoms with van der Waals surface area (Å²) in [5.74, 6) is 1.44. The fraction of sp³-hybridized carbons (Fsp3) is 0.917. The zero-order valence-corrected chi connectivity index (χ0v) is 14.1. The largest absolute Gasteiger partial charge is 0.379 e. The summed E-state index contributed by atoms with van der Waals surface area (Å²) in [6.07, 6.45) is 1.09. The highest BCUT2D eigenvalue weighted by molar-refractivity contribution is 14.0. The van der Waals surface area contributed by atoms with Crippen molar-refractivity contribution in [1.29, 1.82) is 0 Å². The molecule has 0 bridgehead atoms. The SMILES string of the molecule is CCC(C)NC(=NC)NCCOCC(C)C.I. The van der Waals surface area contributed by atoms with E-state index in [-0.39, 0.29) is 24.0 Å². The Hall–Kier alpha value is -0.0400. The molecule has 0 saturated carbocycles. The van der Waals surface area contributed by atoms with Gasteiger partial charge in [-0.2, -0.15) is 0 Å². The minimum atomic E-state index is 0. The van der Waals surface area contributed by atoms with Gasteiger partial charge < -0.3 is 15.4 Å². The first kappa shape index (κ1) is 19.3. The lowest BCUT2D eigenvalue weighted by molar-refractivity contribution is 0.114. The van der Waals surface area contributed by atoms with Gasteiger partial charge in [0.25, 0.3) is 0 Å². The minimum absolute atomic E-state index is 0. The van der Waals surface area contributed by atoms with Crippen LogP contribution in [-0.4, -0.2) is 38.8 Å².